The van der Waals surface area contributed by atoms with Gasteiger partial charge in [-0.05, 0) is 24.5 Å². The largest absolute Gasteiger partial charge is 0.465 e. The first-order valence-corrected chi connectivity index (χ1v) is 12.4. The highest BCUT2D eigenvalue weighted by molar-refractivity contribution is 7.73. The Labute approximate surface area is 164 Å². The second-order valence-corrected chi connectivity index (χ2v) is 12.6. The Morgan fingerprint density at radius 3 is 2.15 bits per heavy atom. The molecule has 0 amide bonds. The van der Waals surface area contributed by atoms with Gasteiger partial charge in [-0.2, -0.15) is 0 Å². The summed E-state index contributed by atoms with van der Waals surface area (Å²) >= 11 is 0. The maximum Gasteiger partial charge on any atom is 0.317 e. The molecular weight excluding hydrogens is 363 g/mol. The molecule has 0 saturated carbocycles. The summed E-state index contributed by atoms with van der Waals surface area (Å²) in [5, 5.41) is 0. The van der Waals surface area contributed by atoms with Gasteiger partial charge >= 0.3 is 11.9 Å². The highest BCUT2D eigenvalue weighted by Gasteiger charge is 2.36. The van der Waals surface area contributed by atoms with Crippen molar-refractivity contribution in [3.05, 3.63) is 35.4 Å². The van der Waals surface area contributed by atoms with E-state index < -0.39 is 24.6 Å². The van der Waals surface area contributed by atoms with Gasteiger partial charge in [-0.25, -0.2) is 0 Å². The predicted octanol–water partition coefficient (Wildman–Crippen LogP) is 4.13. The summed E-state index contributed by atoms with van der Waals surface area (Å²) in [7, 11) is 0.604. The van der Waals surface area contributed by atoms with Gasteiger partial charge in [0.1, 0.15) is 18.6 Å². The highest BCUT2D eigenvalue weighted by atomic mass is 31.2. The average Bonchev–Trinajstić information content (AvgIpc) is 2.59. The molecule has 0 aliphatic rings. The van der Waals surface area contributed by atoms with Crippen LogP contribution in [0.4, 0.5) is 0 Å². The van der Waals surface area contributed by atoms with Crippen LogP contribution in [0.2, 0.25) is 0 Å². The number of rotatable bonds is 11. The second-order valence-electron chi connectivity index (χ2n) is 7.98. The van der Waals surface area contributed by atoms with Crippen LogP contribution >= 0.6 is 7.26 Å². The van der Waals surface area contributed by atoms with E-state index in [1.165, 1.54) is 32.2 Å². The zero-order valence-electron chi connectivity index (χ0n) is 17.5. The SMILES string of the molecule is CCC[P+](C)(C)Cc1ccc(COC(=O)C(C)(COC)COC(C)=O)cc1. The molecule has 1 unspecified atom stereocenters. The first kappa shape index (κ1) is 23.6. The summed E-state index contributed by atoms with van der Waals surface area (Å²) in [6, 6.07) is 8.25. The lowest BCUT2D eigenvalue weighted by Gasteiger charge is -2.25. The summed E-state index contributed by atoms with van der Waals surface area (Å²) in [5.74, 6) is -0.876. The number of hydrogen-bond donors (Lipinski definition) is 0. The molecule has 1 rings (SSSR count). The summed E-state index contributed by atoms with van der Waals surface area (Å²) in [5.41, 5.74) is 1.25. The molecule has 0 saturated heterocycles. The van der Waals surface area contributed by atoms with Crippen molar-refractivity contribution < 1.29 is 23.8 Å². The van der Waals surface area contributed by atoms with Crippen molar-refractivity contribution in [3.8, 4) is 0 Å². The molecule has 0 aliphatic carbocycles. The molecule has 0 fully saturated rings. The maximum atomic E-state index is 12.5. The molecular formula is C21H34O5P+. The minimum atomic E-state index is -1.02. The minimum Gasteiger partial charge on any atom is -0.465 e. The number of ether oxygens (including phenoxy) is 3. The molecule has 1 aromatic carbocycles. The molecule has 1 aromatic rings. The Morgan fingerprint density at radius 2 is 1.63 bits per heavy atom. The van der Waals surface area contributed by atoms with Crippen molar-refractivity contribution in [2.24, 2.45) is 5.41 Å². The molecule has 0 aromatic heterocycles. The van der Waals surface area contributed by atoms with Gasteiger partial charge < -0.3 is 14.2 Å². The summed E-state index contributed by atoms with van der Waals surface area (Å²) < 4.78 is 15.6. The number of carbonyl (C=O) groups excluding carboxylic acids is 2. The minimum absolute atomic E-state index is 0.0653. The van der Waals surface area contributed by atoms with Crippen molar-refractivity contribution in [3.63, 3.8) is 0 Å². The fourth-order valence-corrected chi connectivity index (χ4v) is 5.55. The van der Waals surface area contributed by atoms with E-state index in [0.29, 0.717) is 0 Å². The van der Waals surface area contributed by atoms with E-state index in [0.717, 1.165) is 11.7 Å². The lowest BCUT2D eigenvalue weighted by Crippen LogP contribution is -2.39. The van der Waals surface area contributed by atoms with Crippen molar-refractivity contribution >= 4 is 19.2 Å². The van der Waals surface area contributed by atoms with E-state index in [9.17, 15) is 9.59 Å². The van der Waals surface area contributed by atoms with Crippen LogP contribution in [-0.4, -0.2) is 51.8 Å². The molecule has 6 heteroatoms. The number of esters is 2. The molecule has 0 radical (unpaired) electrons. The monoisotopic (exact) mass is 397 g/mol. The Hall–Kier alpha value is -1.45. The number of methoxy groups -OCH3 is 1. The summed E-state index contributed by atoms with van der Waals surface area (Å²) in [6.45, 7) is 10.2. The van der Waals surface area contributed by atoms with E-state index in [-0.39, 0.29) is 19.8 Å². The molecule has 0 bridgehead atoms. The highest BCUT2D eigenvalue weighted by Crippen LogP contribution is 2.54. The molecule has 27 heavy (non-hydrogen) atoms. The van der Waals surface area contributed by atoms with Crippen LogP contribution in [0.1, 0.15) is 38.3 Å². The van der Waals surface area contributed by atoms with Crippen molar-refractivity contribution in [2.45, 2.75) is 40.0 Å². The van der Waals surface area contributed by atoms with Crippen LogP contribution in [0.3, 0.4) is 0 Å². The lowest BCUT2D eigenvalue weighted by atomic mass is 9.93. The van der Waals surface area contributed by atoms with E-state index in [1.54, 1.807) is 6.92 Å². The van der Waals surface area contributed by atoms with Gasteiger partial charge in [0.15, 0.2) is 0 Å². The van der Waals surface area contributed by atoms with Crippen LogP contribution in [0.5, 0.6) is 0 Å². The Bertz CT molecular complexity index is 612. The third kappa shape index (κ3) is 8.40. The van der Waals surface area contributed by atoms with E-state index >= 15 is 0 Å². The van der Waals surface area contributed by atoms with Gasteiger partial charge in [0.2, 0.25) is 0 Å². The Kier molecular flexibility index (Phi) is 9.41. The van der Waals surface area contributed by atoms with Crippen molar-refractivity contribution in [2.75, 3.05) is 39.8 Å². The maximum absolute atomic E-state index is 12.5. The van der Waals surface area contributed by atoms with Gasteiger partial charge in [0.25, 0.3) is 0 Å². The van der Waals surface area contributed by atoms with E-state index in [2.05, 4.69) is 32.4 Å². The van der Waals surface area contributed by atoms with Crippen molar-refractivity contribution in [1.82, 2.24) is 0 Å². The Balaban J connectivity index is 2.65. The third-order valence-electron chi connectivity index (χ3n) is 4.38. The standard InChI is InChI=1S/C21H34O5P/c1-7-12-27(5,6)14-19-10-8-18(9-11-19)13-25-20(23)21(3,15-24-4)16-26-17(2)22/h8-11H,7,12-16H2,1-6H3/q+1. The average molecular weight is 397 g/mol. The van der Waals surface area contributed by atoms with Crippen LogP contribution in [0.25, 0.3) is 0 Å². The quantitative estimate of drug-likeness (QED) is 0.415. The third-order valence-corrected chi connectivity index (χ3v) is 7.26. The van der Waals surface area contributed by atoms with Crippen LogP contribution in [-0.2, 0) is 36.6 Å². The number of hydrogen-bond acceptors (Lipinski definition) is 5. The van der Waals surface area contributed by atoms with E-state index in [1.807, 2.05) is 12.1 Å². The molecule has 0 heterocycles. The summed E-state index contributed by atoms with van der Waals surface area (Å²) in [4.78, 5) is 23.5. The predicted molar refractivity (Wildman–Crippen MR) is 110 cm³/mol. The first-order chi connectivity index (χ1) is 12.6. The number of carbonyl (C=O) groups is 2. The van der Waals surface area contributed by atoms with Gasteiger partial charge in [-0.1, -0.05) is 31.2 Å². The van der Waals surface area contributed by atoms with Crippen LogP contribution in [0, 0.1) is 5.41 Å². The van der Waals surface area contributed by atoms with Crippen LogP contribution in [0.15, 0.2) is 24.3 Å². The summed E-state index contributed by atoms with van der Waals surface area (Å²) in [6.07, 6.45) is 3.66. The topological polar surface area (TPSA) is 61.8 Å². The molecule has 0 aliphatic heterocycles. The zero-order valence-corrected chi connectivity index (χ0v) is 18.4. The molecule has 5 nitrogen and oxygen atoms in total. The Morgan fingerprint density at radius 1 is 1.04 bits per heavy atom. The molecule has 1 atom stereocenters. The molecule has 0 N–H and O–H groups in total. The van der Waals surface area contributed by atoms with E-state index in [4.69, 9.17) is 14.2 Å². The lowest BCUT2D eigenvalue weighted by molar-refractivity contribution is -0.167. The fraction of sp³-hybridized carbons (Fsp3) is 0.619. The first-order valence-electron chi connectivity index (χ1n) is 9.31. The van der Waals surface area contributed by atoms with Crippen LogP contribution < -0.4 is 0 Å². The normalized spacial score (nSPS) is 13.7. The van der Waals surface area contributed by atoms with Crippen molar-refractivity contribution in [1.29, 1.82) is 0 Å². The van der Waals surface area contributed by atoms with Gasteiger partial charge in [0.05, 0.1) is 18.9 Å². The molecule has 152 valence electrons. The van der Waals surface area contributed by atoms with Gasteiger partial charge in [-0.15, -0.1) is 0 Å². The fourth-order valence-electron chi connectivity index (χ4n) is 2.98. The number of benzene rings is 1. The van der Waals surface area contributed by atoms with Gasteiger partial charge in [-0.3, -0.25) is 9.59 Å². The zero-order chi connectivity index (χ0) is 20.5. The van der Waals surface area contributed by atoms with Gasteiger partial charge in [0, 0.05) is 34.6 Å². The second kappa shape index (κ2) is 10.8. The molecule has 0 spiro atoms. The smallest absolute Gasteiger partial charge is 0.317 e.